The summed E-state index contributed by atoms with van der Waals surface area (Å²) in [5, 5.41) is 10.8. The number of allylic oxidation sites excluding steroid dienone is 1. The fourth-order valence-electron chi connectivity index (χ4n) is 6.15. The summed E-state index contributed by atoms with van der Waals surface area (Å²) >= 11 is 0. The molecule has 1 unspecified atom stereocenters. The molecule has 4 aromatic rings. The lowest BCUT2D eigenvalue weighted by molar-refractivity contribution is -0.119. The van der Waals surface area contributed by atoms with E-state index in [2.05, 4.69) is 34.6 Å². The molecule has 1 atom stereocenters. The second kappa shape index (κ2) is 11.9. The van der Waals surface area contributed by atoms with Crippen molar-refractivity contribution in [3.63, 3.8) is 0 Å². The molecule has 0 fully saturated rings. The average molecular weight is 593 g/mol. The molecular weight excluding hydrogens is 556 g/mol. The molecule has 0 spiro atoms. The van der Waals surface area contributed by atoms with Crippen molar-refractivity contribution in [1.82, 2.24) is 14.8 Å². The fourth-order valence-corrected chi connectivity index (χ4v) is 6.15. The number of hydrogen-bond donors (Lipinski definition) is 2. The van der Waals surface area contributed by atoms with E-state index in [9.17, 15) is 9.59 Å². The maximum Gasteiger partial charge on any atom is 0.243 e. The van der Waals surface area contributed by atoms with Gasteiger partial charge >= 0.3 is 0 Å². The van der Waals surface area contributed by atoms with Crippen LogP contribution in [0.25, 0.3) is 0 Å². The van der Waals surface area contributed by atoms with Gasteiger partial charge < -0.3 is 25.0 Å². The van der Waals surface area contributed by atoms with E-state index in [0.29, 0.717) is 42.1 Å². The fraction of sp³-hybridized carbons (Fsp3) is 0.294. The van der Waals surface area contributed by atoms with Gasteiger partial charge in [0.2, 0.25) is 5.91 Å². The summed E-state index contributed by atoms with van der Waals surface area (Å²) in [6.07, 6.45) is 4.28. The number of rotatable bonds is 8. The van der Waals surface area contributed by atoms with Crippen LogP contribution in [0, 0.1) is 5.41 Å². The Morgan fingerprint density at radius 3 is 2.52 bits per heavy atom. The van der Waals surface area contributed by atoms with Gasteiger partial charge in [0.1, 0.15) is 12.7 Å². The van der Waals surface area contributed by atoms with Crippen molar-refractivity contribution >= 4 is 28.8 Å². The standard InChI is InChI=1S/C34H36N6O4/c1-34(2)16-26-32(28(41)17-34)33(23-11-14-29(43-3)30(15-23)44-4)40(27-8-6-5-7-25(27)38-26)19-31(42)37-24-12-9-22(10-13-24)18-39-21-35-20-36-39/h5-15,20-21,33,38H,16-19H2,1-4H3,(H,37,42). The number of anilines is 3. The molecule has 2 heterocycles. The molecule has 226 valence electrons. The zero-order valence-corrected chi connectivity index (χ0v) is 25.3. The van der Waals surface area contributed by atoms with Crippen molar-refractivity contribution < 1.29 is 19.1 Å². The van der Waals surface area contributed by atoms with E-state index in [1.807, 2.05) is 71.6 Å². The first kappa shape index (κ1) is 29.0. The summed E-state index contributed by atoms with van der Waals surface area (Å²) in [7, 11) is 3.18. The Bertz CT molecular complexity index is 1710. The lowest BCUT2D eigenvalue weighted by atomic mass is 9.73. The van der Waals surface area contributed by atoms with E-state index in [4.69, 9.17) is 9.47 Å². The van der Waals surface area contributed by atoms with Gasteiger partial charge in [0.05, 0.1) is 44.7 Å². The van der Waals surface area contributed by atoms with Crippen molar-refractivity contribution in [3.05, 3.63) is 102 Å². The van der Waals surface area contributed by atoms with Gasteiger partial charge in [-0.3, -0.25) is 9.59 Å². The van der Waals surface area contributed by atoms with Crippen LogP contribution in [0.5, 0.6) is 11.5 Å². The van der Waals surface area contributed by atoms with Crippen molar-refractivity contribution in [2.75, 3.05) is 36.3 Å². The first-order chi connectivity index (χ1) is 21.2. The van der Waals surface area contributed by atoms with Crippen molar-refractivity contribution in [2.24, 2.45) is 5.41 Å². The molecule has 1 amide bonds. The average Bonchev–Trinajstić information content (AvgIpc) is 3.47. The lowest BCUT2D eigenvalue weighted by Crippen LogP contribution is -2.40. The minimum atomic E-state index is -0.541. The quantitative estimate of drug-likeness (QED) is 0.272. The lowest BCUT2D eigenvalue weighted by Gasteiger charge is -2.38. The number of fused-ring (bicyclic) bond motifs is 1. The Kier molecular flexibility index (Phi) is 7.82. The highest BCUT2D eigenvalue weighted by Gasteiger charge is 2.42. The molecular formula is C34H36N6O4. The third kappa shape index (κ3) is 5.88. The highest BCUT2D eigenvalue weighted by atomic mass is 16.5. The van der Waals surface area contributed by atoms with Gasteiger partial charge in [-0.15, -0.1) is 0 Å². The van der Waals surface area contributed by atoms with Gasteiger partial charge in [-0.05, 0) is 59.4 Å². The number of aromatic nitrogens is 3. The van der Waals surface area contributed by atoms with Crippen LogP contribution in [0.1, 0.15) is 43.9 Å². The highest BCUT2D eigenvalue weighted by Crippen LogP contribution is 2.49. The SMILES string of the molecule is COc1ccc(C2C3=C(CC(C)(C)CC3=O)Nc3ccccc3N2CC(=O)Nc2ccc(Cn3cncn3)cc2)cc1OC. The van der Waals surface area contributed by atoms with Crippen molar-refractivity contribution in [2.45, 2.75) is 39.3 Å². The first-order valence-electron chi connectivity index (χ1n) is 14.6. The monoisotopic (exact) mass is 592 g/mol. The molecule has 6 rings (SSSR count). The number of methoxy groups -OCH3 is 2. The summed E-state index contributed by atoms with van der Waals surface area (Å²) < 4.78 is 12.9. The molecule has 2 N–H and O–H groups in total. The normalized spacial score (nSPS) is 17.2. The summed E-state index contributed by atoms with van der Waals surface area (Å²) in [4.78, 5) is 33.7. The van der Waals surface area contributed by atoms with E-state index < -0.39 is 6.04 Å². The number of nitrogens with zero attached hydrogens (tertiary/aromatic N) is 4. The van der Waals surface area contributed by atoms with Gasteiger partial charge in [-0.1, -0.05) is 44.2 Å². The van der Waals surface area contributed by atoms with E-state index in [-0.39, 0.29) is 23.7 Å². The molecule has 2 aliphatic rings. The molecule has 1 aromatic heterocycles. The minimum Gasteiger partial charge on any atom is -0.493 e. The summed E-state index contributed by atoms with van der Waals surface area (Å²) in [6, 6.07) is 20.7. The van der Waals surface area contributed by atoms with Crippen LogP contribution >= 0.6 is 0 Å². The highest BCUT2D eigenvalue weighted by molar-refractivity contribution is 6.02. The summed E-state index contributed by atoms with van der Waals surface area (Å²) in [5.74, 6) is 0.994. The number of benzene rings is 3. The predicted molar refractivity (Wildman–Crippen MR) is 169 cm³/mol. The molecule has 10 heteroatoms. The number of ether oxygens (including phenoxy) is 2. The van der Waals surface area contributed by atoms with E-state index >= 15 is 0 Å². The zero-order valence-electron chi connectivity index (χ0n) is 25.3. The van der Waals surface area contributed by atoms with Gasteiger partial charge in [0.25, 0.3) is 0 Å². The molecule has 1 aliphatic carbocycles. The van der Waals surface area contributed by atoms with E-state index in [0.717, 1.165) is 28.2 Å². The molecule has 0 saturated carbocycles. The van der Waals surface area contributed by atoms with E-state index in [1.165, 1.54) is 6.33 Å². The number of para-hydroxylation sites is 2. The number of carbonyl (C=O) groups excluding carboxylic acids is 2. The van der Waals surface area contributed by atoms with Crippen LogP contribution in [0.15, 0.2) is 90.7 Å². The third-order valence-corrected chi connectivity index (χ3v) is 8.09. The van der Waals surface area contributed by atoms with Crippen molar-refractivity contribution in [1.29, 1.82) is 0 Å². The number of ketones is 1. The Morgan fingerprint density at radius 1 is 1.02 bits per heavy atom. The van der Waals surface area contributed by atoms with Crippen LogP contribution in [0.2, 0.25) is 0 Å². The number of nitrogens with one attached hydrogen (secondary N) is 2. The Balaban J connectivity index is 1.38. The van der Waals surface area contributed by atoms with Gasteiger partial charge in [-0.25, -0.2) is 9.67 Å². The topological polar surface area (TPSA) is 111 Å². The smallest absolute Gasteiger partial charge is 0.243 e. The third-order valence-electron chi connectivity index (χ3n) is 8.09. The Hall–Kier alpha value is -5.12. The second-order valence-electron chi connectivity index (χ2n) is 12.0. The van der Waals surface area contributed by atoms with E-state index in [1.54, 1.807) is 25.2 Å². The molecule has 0 bridgehead atoms. The van der Waals surface area contributed by atoms with Gasteiger partial charge in [0, 0.05) is 23.4 Å². The molecule has 10 nitrogen and oxygen atoms in total. The van der Waals surface area contributed by atoms with Crippen LogP contribution in [-0.2, 0) is 16.1 Å². The molecule has 0 radical (unpaired) electrons. The number of Topliss-reactive ketones (excluding diaryl/α,β-unsaturated/α-hetero) is 1. The van der Waals surface area contributed by atoms with Gasteiger partial charge in [0.15, 0.2) is 17.3 Å². The second-order valence-corrected chi connectivity index (χ2v) is 12.0. The predicted octanol–water partition coefficient (Wildman–Crippen LogP) is 5.60. The number of hydrogen-bond acceptors (Lipinski definition) is 8. The van der Waals surface area contributed by atoms with Crippen LogP contribution < -0.4 is 25.0 Å². The van der Waals surface area contributed by atoms with Crippen LogP contribution in [0.4, 0.5) is 17.1 Å². The molecule has 1 aliphatic heterocycles. The summed E-state index contributed by atoms with van der Waals surface area (Å²) in [6.45, 7) is 4.81. The molecule has 44 heavy (non-hydrogen) atoms. The maximum atomic E-state index is 14.0. The molecule has 3 aromatic carbocycles. The number of amides is 1. The number of carbonyl (C=O) groups is 2. The zero-order chi connectivity index (χ0) is 30.8. The first-order valence-corrected chi connectivity index (χ1v) is 14.6. The maximum absolute atomic E-state index is 14.0. The van der Waals surface area contributed by atoms with Gasteiger partial charge in [-0.2, -0.15) is 5.10 Å². The largest absolute Gasteiger partial charge is 0.493 e. The van der Waals surface area contributed by atoms with Crippen molar-refractivity contribution in [3.8, 4) is 11.5 Å². The Labute approximate surface area is 256 Å². The summed E-state index contributed by atoms with van der Waals surface area (Å²) in [5.41, 5.74) is 5.55. The Morgan fingerprint density at radius 2 is 1.80 bits per heavy atom. The van der Waals surface area contributed by atoms with Crippen LogP contribution in [-0.4, -0.2) is 47.2 Å². The molecule has 0 saturated heterocycles. The van der Waals surface area contributed by atoms with Crippen LogP contribution in [0.3, 0.4) is 0 Å². The minimum absolute atomic E-state index is 0.00582.